The average Bonchev–Trinajstić information content (AvgIpc) is 2.24. The number of thioether (sulfide) groups is 1. The zero-order chi connectivity index (χ0) is 12.8. The minimum Gasteiger partial charge on any atom is -0.368 e. The fourth-order valence-corrected chi connectivity index (χ4v) is 2.17. The van der Waals surface area contributed by atoms with Gasteiger partial charge in [0.1, 0.15) is 5.03 Å². The molecule has 0 saturated carbocycles. The molecule has 96 valence electrons. The maximum Gasteiger partial charge on any atom is 0.168 e. The topological polar surface area (TPSA) is 28.2 Å². The molecule has 0 aliphatic heterocycles. The van der Waals surface area contributed by atoms with Crippen LogP contribution in [0.2, 0.25) is 0 Å². The van der Waals surface area contributed by atoms with Crippen LogP contribution in [0.15, 0.2) is 11.1 Å². The molecule has 0 fully saturated rings. The van der Waals surface area contributed by atoms with E-state index >= 15 is 0 Å². The number of aromatic nitrogens is 1. The SMILES string of the molecule is CCNc1nc(SCCN(C)C)c(F)cc1F. The van der Waals surface area contributed by atoms with Crippen LogP contribution in [0.4, 0.5) is 14.6 Å². The molecule has 0 bridgehead atoms. The first-order valence-electron chi connectivity index (χ1n) is 5.42. The van der Waals surface area contributed by atoms with Crippen LogP contribution in [-0.4, -0.2) is 42.8 Å². The lowest BCUT2D eigenvalue weighted by Gasteiger charge is -2.10. The second kappa shape index (κ2) is 6.76. The van der Waals surface area contributed by atoms with Crippen molar-refractivity contribution in [2.45, 2.75) is 11.9 Å². The zero-order valence-electron chi connectivity index (χ0n) is 10.3. The van der Waals surface area contributed by atoms with Gasteiger partial charge in [0.2, 0.25) is 0 Å². The van der Waals surface area contributed by atoms with E-state index in [-0.39, 0.29) is 10.8 Å². The van der Waals surface area contributed by atoms with Crippen molar-refractivity contribution < 1.29 is 8.78 Å². The Bertz CT molecular complexity index is 372. The summed E-state index contributed by atoms with van der Waals surface area (Å²) in [5.41, 5.74) is 0. The van der Waals surface area contributed by atoms with Gasteiger partial charge in [0.15, 0.2) is 17.5 Å². The summed E-state index contributed by atoms with van der Waals surface area (Å²) < 4.78 is 26.7. The second-order valence-corrected chi connectivity index (χ2v) is 4.87. The van der Waals surface area contributed by atoms with Gasteiger partial charge in [-0.05, 0) is 21.0 Å². The highest BCUT2D eigenvalue weighted by Crippen LogP contribution is 2.23. The summed E-state index contributed by atoms with van der Waals surface area (Å²) in [4.78, 5) is 5.94. The van der Waals surface area contributed by atoms with Crippen molar-refractivity contribution in [1.29, 1.82) is 0 Å². The van der Waals surface area contributed by atoms with Crippen LogP contribution in [0.25, 0.3) is 0 Å². The van der Waals surface area contributed by atoms with E-state index in [0.717, 1.165) is 12.6 Å². The number of nitrogens with one attached hydrogen (secondary N) is 1. The van der Waals surface area contributed by atoms with Crippen LogP contribution in [0, 0.1) is 11.6 Å². The number of nitrogens with zero attached hydrogens (tertiary/aromatic N) is 2. The van der Waals surface area contributed by atoms with Gasteiger partial charge in [0.05, 0.1) is 0 Å². The van der Waals surface area contributed by atoms with Gasteiger partial charge in [-0.3, -0.25) is 0 Å². The number of anilines is 1. The van der Waals surface area contributed by atoms with Gasteiger partial charge < -0.3 is 10.2 Å². The standard InChI is InChI=1S/C11H17F2N3S/c1-4-14-10-8(12)7-9(13)11(15-10)17-6-5-16(2)3/h7H,4-6H2,1-3H3,(H,14,15). The summed E-state index contributed by atoms with van der Waals surface area (Å²) in [5.74, 6) is -0.427. The van der Waals surface area contributed by atoms with Crippen LogP contribution < -0.4 is 5.32 Å². The first-order chi connectivity index (χ1) is 8.04. The summed E-state index contributed by atoms with van der Waals surface area (Å²) in [7, 11) is 3.89. The van der Waals surface area contributed by atoms with Crippen LogP contribution in [0.3, 0.4) is 0 Å². The van der Waals surface area contributed by atoms with Gasteiger partial charge in [-0.25, -0.2) is 13.8 Å². The summed E-state index contributed by atoms with van der Waals surface area (Å²) in [6, 6.07) is 0.878. The normalized spacial score (nSPS) is 10.9. The van der Waals surface area contributed by atoms with Crippen LogP contribution in [0.5, 0.6) is 0 Å². The third kappa shape index (κ3) is 4.47. The molecule has 1 heterocycles. The first kappa shape index (κ1) is 14.2. The van der Waals surface area contributed by atoms with Crippen molar-refractivity contribution in [2.24, 2.45) is 0 Å². The lowest BCUT2D eigenvalue weighted by atomic mass is 10.4. The Morgan fingerprint density at radius 3 is 2.65 bits per heavy atom. The van der Waals surface area contributed by atoms with E-state index < -0.39 is 11.6 Å². The van der Waals surface area contributed by atoms with E-state index in [1.165, 1.54) is 11.8 Å². The third-order valence-corrected chi connectivity index (χ3v) is 2.97. The number of rotatable bonds is 6. The largest absolute Gasteiger partial charge is 0.368 e. The fourth-order valence-electron chi connectivity index (χ4n) is 1.17. The smallest absolute Gasteiger partial charge is 0.168 e. The van der Waals surface area contributed by atoms with E-state index in [0.29, 0.717) is 12.3 Å². The molecule has 17 heavy (non-hydrogen) atoms. The van der Waals surface area contributed by atoms with Crippen molar-refractivity contribution in [3.05, 3.63) is 17.7 Å². The van der Waals surface area contributed by atoms with Crippen LogP contribution in [-0.2, 0) is 0 Å². The van der Waals surface area contributed by atoms with Crippen molar-refractivity contribution >= 4 is 17.6 Å². The Balaban J connectivity index is 2.73. The highest BCUT2D eigenvalue weighted by atomic mass is 32.2. The molecule has 1 N–H and O–H groups in total. The minimum atomic E-state index is -0.652. The van der Waals surface area contributed by atoms with E-state index in [1.54, 1.807) is 0 Å². The van der Waals surface area contributed by atoms with E-state index in [1.807, 2.05) is 25.9 Å². The molecule has 0 aromatic carbocycles. The van der Waals surface area contributed by atoms with Crippen molar-refractivity contribution in [2.75, 3.05) is 38.3 Å². The number of halogens is 2. The summed E-state index contributed by atoms with van der Waals surface area (Å²) in [5, 5.41) is 3.01. The molecule has 0 atom stereocenters. The highest BCUT2D eigenvalue weighted by molar-refractivity contribution is 7.99. The van der Waals surface area contributed by atoms with Gasteiger partial charge in [0, 0.05) is 24.9 Å². The fraction of sp³-hybridized carbons (Fsp3) is 0.545. The Kier molecular flexibility index (Phi) is 5.64. The Morgan fingerprint density at radius 1 is 1.35 bits per heavy atom. The molecule has 0 unspecified atom stereocenters. The number of hydrogen-bond donors (Lipinski definition) is 1. The zero-order valence-corrected chi connectivity index (χ0v) is 11.1. The Labute approximate surface area is 105 Å². The lowest BCUT2D eigenvalue weighted by Crippen LogP contribution is -2.15. The molecular weight excluding hydrogens is 244 g/mol. The monoisotopic (exact) mass is 261 g/mol. The van der Waals surface area contributed by atoms with Crippen molar-refractivity contribution in [3.8, 4) is 0 Å². The number of hydrogen-bond acceptors (Lipinski definition) is 4. The lowest BCUT2D eigenvalue weighted by molar-refractivity contribution is 0.437. The quantitative estimate of drug-likeness (QED) is 0.796. The predicted octanol–water partition coefficient (Wildman–Crippen LogP) is 2.45. The molecular formula is C11H17F2N3S. The molecule has 1 aromatic heterocycles. The third-order valence-electron chi connectivity index (χ3n) is 2.02. The maximum atomic E-state index is 13.4. The average molecular weight is 261 g/mol. The molecule has 0 amide bonds. The molecule has 3 nitrogen and oxygen atoms in total. The van der Waals surface area contributed by atoms with Crippen LogP contribution in [0.1, 0.15) is 6.92 Å². The molecule has 0 spiro atoms. The van der Waals surface area contributed by atoms with E-state index in [9.17, 15) is 8.78 Å². The van der Waals surface area contributed by atoms with Gasteiger partial charge in [-0.2, -0.15) is 0 Å². The van der Waals surface area contributed by atoms with Crippen molar-refractivity contribution in [3.63, 3.8) is 0 Å². The molecule has 0 aliphatic carbocycles. The summed E-state index contributed by atoms with van der Waals surface area (Å²) in [6.07, 6.45) is 0. The Hall–Kier alpha value is -0.880. The summed E-state index contributed by atoms with van der Waals surface area (Å²) in [6.45, 7) is 3.21. The van der Waals surface area contributed by atoms with E-state index in [2.05, 4.69) is 10.3 Å². The molecule has 0 saturated heterocycles. The van der Waals surface area contributed by atoms with Gasteiger partial charge in [-0.15, -0.1) is 11.8 Å². The molecule has 0 aliphatic rings. The predicted molar refractivity (Wildman–Crippen MR) is 67.6 cm³/mol. The number of pyridine rings is 1. The molecule has 6 heteroatoms. The first-order valence-corrected chi connectivity index (χ1v) is 6.40. The van der Waals surface area contributed by atoms with Gasteiger partial charge in [-0.1, -0.05) is 0 Å². The Morgan fingerprint density at radius 2 is 2.06 bits per heavy atom. The second-order valence-electron chi connectivity index (χ2n) is 3.79. The van der Waals surface area contributed by atoms with Gasteiger partial charge >= 0.3 is 0 Å². The van der Waals surface area contributed by atoms with Crippen LogP contribution >= 0.6 is 11.8 Å². The highest BCUT2D eigenvalue weighted by Gasteiger charge is 2.11. The minimum absolute atomic E-state index is 0.112. The summed E-state index contributed by atoms with van der Waals surface area (Å²) >= 11 is 1.29. The maximum absolute atomic E-state index is 13.4. The molecule has 1 aromatic rings. The molecule has 0 radical (unpaired) electrons. The van der Waals surface area contributed by atoms with E-state index in [4.69, 9.17) is 0 Å². The van der Waals surface area contributed by atoms with Gasteiger partial charge in [0.25, 0.3) is 0 Å². The van der Waals surface area contributed by atoms with Crippen molar-refractivity contribution in [1.82, 2.24) is 9.88 Å². The molecule has 1 rings (SSSR count).